The predicted octanol–water partition coefficient (Wildman–Crippen LogP) is 0.768. The molecule has 0 rings (SSSR count). The van der Waals surface area contributed by atoms with Gasteiger partial charge in [0.1, 0.15) is 0 Å². The van der Waals surface area contributed by atoms with E-state index in [1.54, 1.807) is 13.4 Å². The fourth-order valence-electron chi connectivity index (χ4n) is 0.175. The molecular weight excluding hydrogens is 88.1 g/mol. The van der Waals surface area contributed by atoms with Crippen molar-refractivity contribution < 1.29 is 0 Å². The largest absolute Gasteiger partial charge is 0.351 e. The normalized spacial score (nSPS) is 9.43. The Bertz CT molecular complexity index is 84.1. The Kier molecular flexibility index (Phi) is 3.02. The first-order valence-electron chi connectivity index (χ1n) is 2.10. The van der Waals surface area contributed by atoms with E-state index in [2.05, 4.69) is 16.9 Å². The Labute approximate surface area is 44.0 Å². The fraction of sp³-hybridized carbons (Fsp3) is 0.400. The zero-order chi connectivity index (χ0) is 5.70. The van der Waals surface area contributed by atoms with Crippen LogP contribution in [-0.4, -0.2) is 13.4 Å². The quantitative estimate of drug-likeness (QED) is 0.400. The number of nitrogens with one attached hydrogen (secondary N) is 1. The standard InChI is InChI=1S/C5H10N2/c1-5(2)7-4-6-3/h4H,1H2,2-3H3,(H,6,7). The van der Waals surface area contributed by atoms with E-state index >= 15 is 0 Å². The van der Waals surface area contributed by atoms with Gasteiger partial charge in [0.05, 0.1) is 6.34 Å². The van der Waals surface area contributed by atoms with Gasteiger partial charge in [0.15, 0.2) is 0 Å². The molecule has 0 saturated carbocycles. The summed E-state index contributed by atoms with van der Waals surface area (Å²) in [4.78, 5) is 3.68. The summed E-state index contributed by atoms with van der Waals surface area (Å²) < 4.78 is 0. The Morgan fingerprint density at radius 1 is 1.86 bits per heavy atom. The van der Waals surface area contributed by atoms with Crippen LogP contribution in [0, 0.1) is 0 Å². The van der Waals surface area contributed by atoms with Crippen LogP contribution < -0.4 is 5.32 Å². The summed E-state index contributed by atoms with van der Waals surface area (Å²) in [6.45, 7) is 5.47. The van der Waals surface area contributed by atoms with Gasteiger partial charge in [0.25, 0.3) is 0 Å². The number of hydrogen-bond donors (Lipinski definition) is 1. The summed E-state index contributed by atoms with van der Waals surface area (Å²) in [5.74, 6) is 0. The maximum atomic E-state index is 3.68. The third-order valence-corrected chi connectivity index (χ3v) is 0.440. The molecule has 0 aliphatic heterocycles. The molecule has 0 heterocycles. The third kappa shape index (κ3) is 5.21. The van der Waals surface area contributed by atoms with Gasteiger partial charge in [-0.2, -0.15) is 0 Å². The summed E-state index contributed by atoms with van der Waals surface area (Å²) in [7, 11) is 1.70. The average Bonchev–Trinajstić information content (AvgIpc) is 1.61. The molecule has 0 atom stereocenters. The van der Waals surface area contributed by atoms with Crippen LogP contribution in [0.3, 0.4) is 0 Å². The zero-order valence-electron chi connectivity index (χ0n) is 4.73. The molecule has 0 fully saturated rings. The van der Waals surface area contributed by atoms with E-state index in [4.69, 9.17) is 0 Å². The van der Waals surface area contributed by atoms with E-state index in [1.165, 1.54) is 0 Å². The zero-order valence-corrected chi connectivity index (χ0v) is 4.73. The van der Waals surface area contributed by atoms with Crippen LogP contribution in [0.25, 0.3) is 0 Å². The highest BCUT2D eigenvalue weighted by atomic mass is 14.9. The summed E-state index contributed by atoms with van der Waals surface area (Å²) >= 11 is 0. The topological polar surface area (TPSA) is 24.4 Å². The lowest BCUT2D eigenvalue weighted by atomic mass is 10.6. The van der Waals surface area contributed by atoms with Gasteiger partial charge in [0.2, 0.25) is 0 Å². The maximum Gasteiger partial charge on any atom is 0.0861 e. The summed E-state index contributed by atoms with van der Waals surface area (Å²) in [5, 5.41) is 2.81. The number of nitrogens with zero attached hydrogens (tertiary/aromatic N) is 1. The van der Waals surface area contributed by atoms with Crippen LogP contribution >= 0.6 is 0 Å². The second-order valence-corrected chi connectivity index (χ2v) is 1.31. The van der Waals surface area contributed by atoms with Gasteiger partial charge in [-0.15, -0.1) is 0 Å². The minimum atomic E-state index is 0.908. The Morgan fingerprint density at radius 3 is 2.57 bits per heavy atom. The van der Waals surface area contributed by atoms with Crippen LogP contribution in [0.5, 0.6) is 0 Å². The molecule has 0 aromatic rings. The first-order valence-corrected chi connectivity index (χ1v) is 2.10. The Hall–Kier alpha value is -0.790. The smallest absolute Gasteiger partial charge is 0.0861 e. The first-order chi connectivity index (χ1) is 3.27. The van der Waals surface area contributed by atoms with Crippen molar-refractivity contribution in [3.05, 3.63) is 12.3 Å². The highest BCUT2D eigenvalue weighted by molar-refractivity contribution is 5.56. The van der Waals surface area contributed by atoms with Gasteiger partial charge >= 0.3 is 0 Å². The molecule has 0 saturated heterocycles. The second-order valence-electron chi connectivity index (χ2n) is 1.31. The van der Waals surface area contributed by atoms with Crippen molar-refractivity contribution in [2.75, 3.05) is 7.05 Å². The highest BCUT2D eigenvalue weighted by Crippen LogP contribution is 1.70. The average molecular weight is 98.1 g/mol. The minimum absolute atomic E-state index is 0.908. The number of hydrogen-bond acceptors (Lipinski definition) is 1. The van der Waals surface area contributed by atoms with Crippen LogP contribution in [0.1, 0.15) is 6.92 Å². The molecule has 0 radical (unpaired) electrons. The molecule has 0 aromatic heterocycles. The van der Waals surface area contributed by atoms with Crippen LogP contribution in [0.4, 0.5) is 0 Å². The Morgan fingerprint density at radius 2 is 2.43 bits per heavy atom. The Balaban J connectivity index is 3.14. The van der Waals surface area contributed by atoms with E-state index in [0.717, 1.165) is 5.70 Å². The van der Waals surface area contributed by atoms with Gasteiger partial charge in [-0.1, -0.05) is 6.58 Å². The van der Waals surface area contributed by atoms with E-state index in [-0.39, 0.29) is 0 Å². The van der Waals surface area contributed by atoms with Crippen molar-refractivity contribution in [1.82, 2.24) is 5.32 Å². The molecular formula is C5H10N2. The summed E-state index contributed by atoms with van der Waals surface area (Å²) in [6.07, 6.45) is 1.60. The van der Waals surface area contributed by atoms with Crippen LogP contribution in [0.2, 0.25) is 0 Å². The fourth-order valence-corrected chi connectivity index (χ4v) is 0.175. The predicted molar refractivity (Wildman–Crippen MR) is 32.4 cm³/mol. The summed E-state index contributed by atoms with van der Waals surface area (Å²) in [5.41, 5.74) is 0.908. The van der Waals surface area contributed by atoms with Crippen LogP contribution in [0.15, 0.2) is 17.3 Å². The van der Waals surface area contributed by atoms with E-state index in [9.17, 15) is 0 Å². The van der Waals surface area contributed by atoms with Crippen molar-refractivity contribution in [3.63, 3.8) is 0 Å². The molecule has 0 aliphatic carbocycles. The molecule has 2 heteroatoms. The van der Waals surface area contributed by atoms with E-state index < -0.39 is 0 Å². The van der Waals surface area contributed by atoms with Crippen molar-refractivity contribution in [3.8, 4) is 0 Å². The molecule has 0 aromatic carbocycles. The minimum Gasteiger partial charge on any atom is -0.351 e. The van der Waals surface area contributed by atoms with Gasteiger partial charge in [-0.25, -0.2) is 0 Å². The van der Waals surface area contributed by atoms with Gasteiger partial charge < -0.3 is 5.32 Å². The lowest BCUT2D eigenvalue weighted by Crippen LogP contribution is -2.05. The molecule has 0 bridgehead atoms. The van der Waals surface area contributed by atoms with E-state index in [1.807, 2.05) is 6.92 Å². The summed E-state index contributed by atoms with van der Waals surface area (Å²) in [6, 6.07) is 0. The van der Waals surface area contributed by atoms with Crippen molar-refractivity contribution in [2.45, 2.75) is 6.92 Å². The van der Waals surface area contributed by atoms with Crippen molar-refractivity contribution in [1.29, 1.82) is 0 Å². The maximum absolute atomic E-state index is 3.68. The first kappa shape index (κ1) is 6.21. The number of allylic oxidation sites excluding steroid dienone is 1. The van der Waals surface area contributed by atoms with Crippen molar-refractivity contribution in [2.24, 2.45) is 4.99 Å². The SMILES string of the molecule is C=C(C)NC=NC. The van der Waals surface area contributed by atoms with Crippen molar-refractivity contribution >= 4 is 6.34 Å². The molecule has 40 valence electrons. The second kappa shape index (κ2) is 3.40. The molecule has 0 unspecified atom stereocenters. The number of rotatable bonds is 2. The van der Waals surface area contributed by atoms with Gasteiger partial charge in [-0.3, -0.25) is 4.99 Å². The van der Waals surface area contributed by atoms with Crippen LogP contribution in [-0.2, 0) is 0 Å². The monoisotopic (exact) mass is 98.1 g/mol. The molecule has 7 heavy (non-hydrogen) atoms. The molecule has 0 amide bonds. The lowest BCUT2D eigenvalue weighted by molar-refractivity contribution is 1.15. The third-order valence-electron chi connectivity index (χ3n) is 0.440. The van der Waals surface area contributed by atoms with Gasteiger partial charge in [-0.05, 0) is 6.92 Å². The number of aliphatic imine (C=N–C) groups is 1. The molecule has 0 aliphatic rings. The molecule has 2 nitrogen and oxygen atoms in total. The highest BCUT2D eigenvalue weighted by Gasteiger charge is 1.69. The molecule has 0 spiro atoms. The molecule has 1 N–H and O–H groups in total. The van der Waals surface area contributed by atoms with E-state index in [0.29, 0.717) is 0 Å². The van der Waals surface area contributed by atoms with Gasteiger partial charge in [0, 0.05) is 12.7 Å². The lowest BCUT2D eigenvalue weighted by Gasteiger charge is -1.90.